The molecule has 0 aliphatic carbocycles. The molecule has 0 radical (unpaired) electrons. The Morgan fingerprint density at radius 2 is 2.21 bits per heavy atom. The summed E-state index contributed by atoms with van der Waals surface area (Å²) in [6.45, 7) is 2.30. The fourth-order valence-electron chi connectivity index (χ4n) is 1.45. The molecule has 0 spiro atoms. The van der Waals surface area contributed by atoms with Crippen molar-refractivity contribution in [2.24, 2.45) is 0 Å². The predicted molar refractivity (Wildman–Crippen MR) is 53.1 cm³/mol. The van der Waals surface area contributed by atoms with E-state index in [1.807, 2.05) is 7.05 Å². The second kappa shape index (κ2) is 6.79. The first-order valence-electron chi connectivity index (χ1n) is 5.24. The molecule has 0 saturated carbocycles. The van der Waals surface area contributed by atoms with Gasteiger partial charge in [-0.3, -0.25) is 4.79 Å². The van der Waals surface area contributed by atoms with Crippen LogP contribution in [0.2, 0.25) is 0 Å². The molecule has 0 atom stereocenters. The summed E-state index contributed by atoms with van der Waals surface area (Å²) in [6.07, 6.45) is 3.14. The number of carbonyl (C=O) groups is 1. The Morgan fingerprint density at radius 1 is 1.50 bits per heavy atom. The molecule has 0 amide bonds. The summed E-state index contributed by atoms with van der Waals surface area (Å²) in [4.78, 5) is 11.3. The maximum Gasteiger partial charge on any atom is 0.306 e. The van der Waals surface area contributed by atoms with Gasteiger partial charge in [0.2, 0.25) is 0 Å². The molecule has 0 aromatic heterocycles. The first-order chi connectivity index (χ1) is 6.83. The van der Waals surface area contributed by atoms with Gasteiger partial charge in [-0.1, -0.05) is 0 Å². The fraction of sp³-hybridized carbons (Fsp3) is 0.900. The molecule has 14 heavy (non-hydrogen) atoms. The zero-order valence-electron chi connectivity index (χ0n) is 8.75. The minimum absolute atomic E-state index is 0.0767. The molecule has 4 nitrogen and oxygen atoms in total. The van der Waals surface area contributed by atoms with Crippen molar-refractivity contribution in [3.05, 3.63) is 0 Å². The zero-order valence-corrected chi connectivity index (χ0v) is 8.75. The normalized spacial score (nSPS) is 18.1. The second-order valence-corrected chi connectivity index (χ2v) is 3.51. The maximum absolute atomic E-state index is 11.3. The molecule has 1 rings (SSSR count). The molecule has 0 aromatic carbocycles. The van der Waals surface area contributed by atoms with E-state index >= 15 is 0 Å². The average Bonchev–Trinajstić information content (AvgIpc) is 2.20. The van der Waals surface area contributed by atoms with Gasteiger partial charge >= 0.3 is 5.97 Å². The predicted octanol–water partition coefficient (Wildman–Crippen LogP) is 0.708. The van der Waals surface area contributed by atoms with Gasteiger partial charge in [0.15, 0.2) is 0 Å². The van der Waals surface area contributed by atoms with Gasteiger partial charge in [-0.05, 0) is 20.0 Å². The first-order valence-corrected chi connectivity index (χ1v) is 5.24. The van der Waals surface area contributed by atoms with E-state index in [4.69, 9.17) is 9.47 Å². The molecule has 82 valence electrons. The third-order valence-corrected chi connectivity index (χ3v) is 2.27. The summed E-state index contributed by atoms with van der Waals surface area (Å²) >= 11 is 0. The Morgan fingerprint density at radius 3 is 2.86 bits per heavy atom. The maximum atomic E-state index is 11.3. The lowest BCUT2D eigenvalue weighted by Crippen LogP contribution is -2.26. The molecule has 1 fully saturated rings. The van der Waals surface area contributed by atoms with E-state index in [0.717, 1.165) is 25.8 Å². The van der Waals surface area contributed by atoms with Crippen molar-refractivity contribution in [1.29, 1.82) is 0 Å². The molecule has 1 heterocycles. The smallest absolute Gasteiger partial charge is 0.306 e. The van der Waals surface area contributed by atoms with E-state index in [-0.39, 0.29) is 12.1 Å². The molecular formula is C10H19NO3. The van der Waals surface area contributed by atoms with Crippen LogP contribution in [0.25, 0.3) is 0 Å². The topological polar surface area (TPSA) is 47.6 Å². The van der Waals surface area contributed by atoms with Crippen LogP contribution in [0.4, 0.5) is 0 Å². The van der Waals surface area contributed by atoms with Crippen LogP contribution < -0.4 is 5.32 Å². The molecule has 4 heteroatoms. The van der Waals surface area contributed by atoms with Crippen LogP contribution in [-0.2, 0) is 14.3 Å². The largest absolute Gasteiger partial charge is 0.462 e. The van der Waals surface area contributed by atoms with Gasteiger partial charge < -0.3 is 14.8 Å². The van der Waals surface area contributed by atoms with Crippen molar-refractivity contribution in [1.82, 2.24) is 5.32 Å². The van der Waals surface area contributed by atoms with E-state index in [0.29, 0.717) is 19.6 Å². The highest BCUT2D eigenvalue weighted by atomic mass is 16.5. The quantitative estimate of drug-likeness (QED) is 0.525. The van der Waals surface area contributed by atoms with Gasteiger partial charge in [0.1, 0.15) is 6.10 Å². The van der Waals surface area contributed by atoms with Crippen LogP contribution in [-0.4, -0.2) is 38.9 Å². The molecule has 1 aliphatic rings. The number of esters is 1. The van der Waals surface area contributed by atoms with Crippen LogP contribution in [0.1, 0.15) is 25.7 Å². The summed E-state index contributed by atoms with van der Waals surface area (Å²) < 4.78 is 10.5. The van der Waals surface area contributed by atoms with Crippen molar-refractivity contribution in [2.45, 2.75) is 31.8 Å². The van der Waals surface area contributed by atoms with Gasteiger partial charge in [0.25, 0.3) is 0 Å². The lowest BCUT2D eigenvalue weighted by molar-refractivity contribution is -0.153. The third-order valence-electron chi connectivity index (χ3n) is 2.27. The summed E-state index contributed by atoms with van der Waals surface area (Å²) in [5.41, 5.74) is 0. The highest BCUT2D eigenvalue weighted by Gasteiger charge is 2.17. The standard InChI is InChI=1S/C10H19NO3/c1-11-6-2-3-10(12)14-9-4-7-13-8-5-9/h9,11H,2-8H2,1H3. The molecule has 1 N–H and O–H groups in total. The molecule has 0 bridgehead atoms. The Balaban J connectivity index is 2.06. The summed E-state index contributed by atoms with van der Waals surface area (Å²) in [6, 6.07) is 0. The van der Waals surface area contributed by atoms with E-state index in [9.17, 15) is 4.79 Å². The van der Waals surface area contributed by atoms with E-state index in [2.05, 4.69) is 5.32 Å². The van der Waals surface area contributed by atoms with Crippen LogP contribution in [0.3, 0.4) is 0 Å². The second-order valence-electron chi connectivity index (χ2n) is 3.51. The number of rotatable bonds is 5. The highest BCUT2D eigenvalue weighted by molar-refractivity contribution is 5.69. The SMILES string of the molecule is CNCCCC(=O)OC1CCOCC1. The Hall–Kier alpha value is -0.610. The van der Waals surface area contributed by atoms with Crippen LogP contribution in [0.5, 0.6) is 0 Å². The number of ether oxygens (including phenoxy) is 2. The number of hydrogen-bond acceptors (Lipinski definition) is 4. The van der Waals surface area contributed by atoms with Crippen molar-refractivity contribution in [2.75, 3.05) is 26.8 Å². The van der Waals surface area contributed by atoms with E-state index < -0.39 is 0 Å². The highest BCUT2D eigenvalue weighted by Crippen LogP contribution is 2.11. The Bertz CT molecular complexity index is 167. The van der Waals surface area contributed by atoms with Gasteiger partial charge in [0.05, 0.1) is 13.2 Å². The fourth-order valence-corrected chi connectivity index (χ4v) is 1.45. The third kappa shape index (κ3) is 4.58. The van der Waals surface area contributed by atoms with E-state index in [1.165, 1.54) is 0 Å². The van der Waals surface area contributed by atoms with Crippen molar-refractivity contribution < 1.29 is 14.3 Å². The van der Waals surface area contributed by atoms with Crippen LogP contribution in [0, 0.1) is 0 Å². The summed E-state index contributed by atoms with van der Waals surface area (Å²) in [5.74, 6) is -0.0767. The molecule has 1 aliphatic heterocycles. The Labute approximate surface area is 85.0 Å². The molecular weight excluding hydrogens is 182 g/mol. The van der Waals surface area contributed by atoms with Crippen molar-refractivity contribution in [3.8, 4) is 0 Å². The molecule has 0 unspecified atom stereocenters. The average molecular weight is 201 g/mol. The monoisotopic (exact) mass is 201 g/mol. The number of nitrogens with one attached hydrogen (secondary N) is 1. The lowest BCUT2D eigenvalue weighted by Gasteiger charge is -2.22. The minimum Gasteiger partial charge on any atom is -0.462 e. The van der Waals surface area contributed by atoms with Gasteiger partial charge in [0, 0.05) is 19.3 Å². The summed E-state index contributed by atoms with van der Waals surface area (Å²) in [5, 5.41) is 3.00. The first kappa shape index (κ1) is 11.5. The molecule has 1 saturated heterocycles. The Kier molecular flexibility index (Phi) is 5.56. The lowest BCUT2D eigenvalue weighted by atomic mass is 10.1. The number of carbonyl (C=O) groups excluding carboxylic acids is 1. The van der Waals surface area contributed by atoms with E-state index in [1.54, 1.807) is 0 Å². The van der Waals surface area contributed by atoms with Crippen molar-refractivity contribution in [3.63, 3.8) is 0 Å². The van der Waals surface area contributed by atoms with Crippen LogP contribution >= 0.6 is 0 Å². The van der Waals surface area contributed by atoms with Gasteiger partial charge in [-0.25, -0.2) is 0 Å². The van der Waals surface area contributed by atoms with Gasteiger partial charge in [-0.2, -0.15) is 0 Å². The van der Waals surface area contributed by atoms with Crippen LogP contribution in [0.15, 0.2) is 0 Å². The zero-order chi connectivity index (χ0) is 10.2. The van der Waals surface area contributed by atoms with Gasteiger partial charge in [-0.15, -0.1) is 0 Å². The number of hydrogen-bond donors (Lipinski definition) is 1. The molecule has 0 aromatic rings. The minimum atomic E-state index is -0.0767. The summed E-state index contributed by atoms with van der Waals surface area (Å²) in [7, 11) is 1.88. The van der Waals surface area contributed by atoms with Crippen molar-refractivity contribution >= 4 is 5.97 Å².